The molecule has 3 nitrogen and oxygen atoms in total. The minimum absolute atomic E-state index is 0.0422. The third-order valence-corrected chi connectivity index (χ3v) is 5.92. The number of nitrogens with one attached hydrogen (secondary N) is 1. The number of nitrogens with zero attached hydrogens (tertiary/aromatic N) is 1. The lowest BCUT2D eigenvalue weighted by atomic mass is 9.83. The largest absolute Gasteiger partial charge is 0.340 e. The Labute approximate surface area is 130 Å². The Hall–Kier alpha value is -1.34. The van der Waals surface area contributed by atoms with Gasteiger partial charge in [0.25, 0.3) is 0 Å². The van der Waals surface area contributed by atoms with Crippen LogP contribution in [0.15, 0.2) is 11.4 Å². The highest BCUT2D eigenvalue weighted by Crippen LogP contribution is 2.35. The van der Waals surface area contributed by atoms with Gasteiger partial charge in [0.2, 0.25) is 5.91 Å². The van der Waals surface area contributed by atoms with Crippen LogP contribution in [0, 0.1) is 17.2 Å². The number of thiophene rings is 1. The highest BCUT2D eigenvalue weighted by atomic mass is 32.1. The fraction of sp³-hybridized carbons (Fsp3) is 0.647. The van der Waals surface area contributed by atoms with E-state index < -0.39 is 0 Å². The van der Waals surface area contributed by atoms with Crippen molar-refractivity contribution in [2.45, 2.75) is 63.3 Å². The third kappa shape index (κ3) is 3.13. The molecule has 21 heavy (non-hydrogen) atoms. The summed E-state index contributed by atoms with van der Waals surface area (Å²) in [6, 6.07) is 4.12. The molecule has 2 atom stereocenters. The van der Waals surface area contributed by atoms with Gasteiger partial charge < -0.3 is 5.32 Å². The average molecular weight is 302 g/mol. The van der Waals surface area contributed by atoms with Crippen LogP contribution in [0.1, 0.15) is 61.3 Å². The second-order valence-electron chi connectivity index (χ2n) is 6.26. The van der Waals surface area contributed by atoms with Gasteiger partial charge in [0, 0.05) is 4.88 Å². The van der Waals surface area contributed by atoms with Gasteiger partial charge in [-0.1, -0.05) is 19.3 Å². The Bertz CT molecular complexity index is 539. The Kier molecular flexibility index (Phi) is 4.60. The van der Waals surface area contributed by atoms with Gasteiger partial charge in [0.05, 0.1) is 12.0 Å². The van der Waals surface area contributed by atoms with Crippen LogP contribution in [0.4, 0.5) is 0 Å². The number of hydrogen-bond donors (Lipinski definition) is 1. The second-order valence-corrected chi connectivity index (χ2v) is 7.26. The molecule has 1 fully saturated rings. The normalized spacial score (nSPS) is 23.9. The monoisotopic (exact) mass is 302 g/mol. The molecular weight excluding hydrogens is 280 g/mol. The second kappa shape index (κ2) is 6.62. The van der Waals surface area contributed by atoms with Crippen molar-refractivity contribution in [3.05, 3.63) is 21.9 Å². The van der Waals surface area contributed by atoms with E-state index in [-0.39, 0.29) is 17.9 Å². The molecule has 0 bridgehead atoms. The molecule has 3 rings (SSSR count). The summed E-state index contributed by atoms with van der Waals surface area (Å²) in [5.41, 5.74) is 1.20. The van der Waals surface area contributed by atoms with Crippen molar-refractivity contribution in [1.82, 2.24) is 5.32 Å². The average Bonchev–Trinajstić information content (AvgIpc) is 3.01. The molecule has 1 aromatic heterocycles. The van der Waals surface area contributed by atoms with Gasteiger partial charge in [-0.05, 0) is 55.0 Å². The predicted octanol–water partition coefficient (Wildman–Crippen LogP) is 3.76. The van der Waals surface area contributed by atoms with Crippen molar-refractivity contribution in [2.24, 2.45) is 5.92 Å². The molecule has 2 unspecified atom stereocenters. The zero-order chi connectivity index (χ0) is 14.7. The van der Waals surface area contributed by atoms with Crippen LogP contribution in [0.5, 0.6) is 0 Å². The summed E-state index contributed by atoms with van der Waals surface area (Å²) < 4.78 is 0. The fourth-order valence-corrected chi connectivity index (χ4v) is 4.72. The van der Waals surface area contributed by atoms with E-state index in [1.165, 1.54) is 29.7 Å². The van der Waals surface area contributed by atoms with Crippen molar-refractivity contribution < 1.29 is 4.79 Å². The van der Waals surface area contributed by atoms with Crippen molar-refractivity contribution in [3.8, 4) is 6.07 Å². The van der Waals surface area contributed by atoms with Gasteiger partial charge in [-0.3, -0.25) is 4.79 Å². The van der Waals surface area contributed by atoms with Crippen LogP contribution in [-0.4, -0.2) is 11.9 Å². The highest BCUT2D eigenvalue weighted by molar-refractivity contribution is 7.10. The lowest BCUT2D eigenvalue weighted by Gasteiger charge is -2.29. The van der Waals surface area contributed by atoms with E-state index in [4.69, 9.17) is 0 Å². The summed E-state index contributed by atoms with van der Waals surface area (Å²) >= 11 is 1.75. The van der Waals surface area contributed by atoms with Crippen LogP contribution in [0.3, 0.4) is 0 Å². The number of carbonyl (C=O) groups excluding carboxylic acids is 1. The van der Waals surface area contributed by atoms with Gasteiger partial charge in [-0.25, -0.2) is 0 Å². The summed E-state index contributed by atoms with van der Waals surface area (Å²) in [4.78, 5) is 14.0. The van der Waals surface area contributed by atoms with E-state index in [0.717, 1.165) is 32.1 Å². The lowest BCUT2D eigenvalue weighted by molar-refractivity contribution is -0.123. The van der Waals surface area contributed by atoms with Crippen molar-refractivity contribution in [2.75, 3.05) is 0 Å². The first-order chi connectivity index (χ1) is 10.3. The molecule has 0 aliphatic heterocycles. The van der Waals surface area contributed by atoms with Crippen molar-refractivity contribution in [3.63, 3.8) is 0 Å². The molecule has 1 saturated carbocycles. The molecule has 0 spiro atoms. The summed E-state index contributed by atoms with van der Waals surface area (Å²) in [5.74, 6) is 0.365. The van der Waals surface area contributed by atoms with Gasteiger partial charge in [0.15, 0.2) is 0 Å². The number of rotatable bonds is 3. The molecule has 1 N–H and O–H groups in total. The molecule has 2 aliphatic carbocycles. The molecule has 0 saturated heterocycles. The Morgan fingerprint density at radius 1 is 1.29 bits per heavy atom. The molecule has 1 amide bonds. The maximum absolute atomic E-state index is 12.6. The van der Waals surface area contributed by atoms with Crippen LogP contribution in [0.25, 0.3) is 0 Å². The van der Waals surface area contributed by atoms with E-state index in [1.807, 2.05) is 0 Å². The lowest BCUT2D eigenvalue weighted by Crippen LogP contribution is -2.42. The van der Waals surface area contributed by atoms with Gasteiger partial charge >= 0.3 is 0 Å². The predicted molar refractivity (Wildman–Crippen MR) is 84.1 cm³/mol. The van der Waals surface area contributed by atoms with Crippen LogP contribution < -0.4 is 5.32 Å². The van der Waals surface area contributed by atoms with Crippen molar-refractivity contribution >= 4 is 17.2 Å². The number of fused-ring (bicyclic) bond motifs is 1. The standard InChI is InChI=1S/C17H22N2OS/c18-11-15(12-5-2-1-3-6-12)19-17(20)14-7-4-8-16-13(14)9-10-21-16/h9-10,12,14-15H,1-8H2,(H,19,20). The van der Waals surface area contributed by atoms with E-state index >= 15 is 0 Å². The van der Waals surface area contributed by atoms with E-state index in [0.29, 0.717) is 5.92 Å². The zero-order valence-corrected chi connectivity index (χ0v) is 13.1. The first kappa shape index (κ1) is 14.6. The minimum atomic E-state index is -0.304. The van der Waals surface area contributed by atoms with E-state index in [2.05, 4.69) is 22.8 Å². The zero-order valence-electron chi connectivity index (χ0n) is 12.3. The van der Waals surface area contributed by atoms with Crippen molar-refractivity contribution in [1.29, 1.82) is 5.26 Å². The molecule has 1 heterocycles. The SMILES string of the molecule is N#CC(NC(=O)C1CCCc2sccc21)C1CCCCC1. The van der Waals surface area contributed by atoms with Crippen LogP contribution in [-0.2, 0) is 11.2 Å². The topological polar surface area (TPSA) is 52.9 Å². The molecule has 112 valence electrons. The number of amides is 1. The van der Waals surface area contributed by atoms with Gasteiger partial charge in [-0.2, -0.15) is 5.26 Å². The summed E-state index contributed by atoms with van der Waals surface area (Å²) in [6.45, 7) is 0. The minimum Gasteiger partial charge on any atom is -0.340 e. The smallest absolute Gasteiger partial charge is 0.228 e. The fourth-order valence-electron chi connectivity index (χ4n) is 3.74. The molecule has 0 aromatic carbocycles. The Balaban J connectivity index is 1.67. The highest BCUT2D eigenvalue weighted by Gasteiger charge is 2.31. The third-order valence-electron chi connectivity index (χ3n) is 4.93. The quantitative estimate of drug-likeness (QED) is 0.924. The molecule has 0 radical (unpaired) electrons. The number of nitriles is 1. The maximum atomic E-state index is 12.6. The van der Waals surface area contributed by atoms with E-state index in [1.54, 1.807) is 11.3 Å². The first-order valence-corrected chi connectivity index (χ1v) is 8.94. The Morgan fingerprint density at radius 2 is 2.10 bits per heavy atom. The number of hydrogen-bond acceptors (Lipinski definition) is 3. The van der Waals surface area contributed by atoms with Crippen LogP contribution >= 0.6 is 11.3 Å². The maximum Gasteiger partial charge on any atom is 0.228 e. The van der Waals surface area contributed by atoms with Gasteiger partial charge in [0.1, 0.15) is 6.04 Å². The summed E-state index contributed by atoms with van der Waals surface area (Å²) in [7, 11) is 0. The summed E-state index contributed by atoms with van der Waals surface area (Å²) in [6.07, 6.45) is 8.89. The molecule has 2 aliphatic rings. The first-order valence-electron chi connectivity index (χ1n) is 8.06. The summed E-state index contributed by atoms with van der Waals surface area (Å²) in [5, 5.41) is 14.5. The van der Waals surface area contributed by atoms with Crippen LogP contribution in [0.2, 0.25) is 0 Å². The number of carbonyl (C=O) groups is 1. The van der Waals surface area contributed by atoms with E-state index in [9.17, 15) is 10.1 Å². The molecule has 1 aromatic rings. The molecular formula is C17H22N2OS. The molecule has 4 heteroatoms. The Morgan fingerprint density at radius 3 is 2.86 bits per heavy atom. The van der Waals surface area contributed by atoms with Gasteiger partial charge in [-0.15, -0.1) is 11.3 Å². The number of aryl methyl sites for hydroxylation is 1.